The van der Waals surface area contributed by atoms with Gasteiger partial charge < -0.3 is 5.73 Å². The standard InChI is InChI=1S/C4H12N2O3S/c1-4(6-3-2-5)9-10(7)8/h4,6H,2-3,5H2,1H3,(H,7,8). The van der Waals surface area contributed by atoms with Crippen LogP contribution in [0.4, 0.5) is 0 Å². The van der Waals surface area contributed by atoms with Gasteiger partial charge in [-0.3, -0.25) is 9.87 Å². The maximum Gasteiger partial charge on any atom is 0.303 e. The van der Waals surface area contributed by atoms with E-state index in [4.69, 9.17) is 10.3 Å². The second-order valence-corrected chi connectivity index (χ2v) is 2.33. The first-order chi connectivity index (χ1) is 4.66. The fraction of sp³-hybridized carbons (Fsp3) is 1.00. The first kappa shape index (κ1) is 9.99. The summed E-state index contributed by atoms with van der Waals surface area (Å²) in [6.45, 7) is 2.67. The van der Waals surface area contributed by atoms with Crippen LogP contribution < -0.4 is 11.1 Å². The molecule has 0 saturated carbocycles. The van der Waals surface area contributed by atoms with E-state index < -0.39 is 17.6 Å². The fourth-order valence-electron chi connectivity index (χ4n) is 0.444. The van der Waals surface area contributed by atoms with Crippen LogP contribution in [0.15, 0.2) is 0 Å². The van der Waals surface area contributed by atoms with Gasteiger partial charge in [0.2, 0.25) is 0 Å². The SMILES string of the molecule is CC(NCCN)OS(=O)O. The van der Waals surface area contributed by atoms with Gasteiger partial charge in [-0.05, 0) is 6.92 Å². The van der Waals surface area contributed by atoms with Crippen molar-refractivity contribution >= 4 is 11.4 Å². The Balaban J connectivity index is 3.25. The van der Waals surface area contributed by atoms with Crippen LogP contribution in [-0.4, -0.2) is 28.1 Å². The molecule has 0 radical (unpaired) electrons. The Kier molecular flexibility index (Phi) is 5.74. The molecule has 4 N–H and O–H groups in total. The normalized spacial score (nSPS) is 16.7. The Bertz CT molecular complexity index is 111. The highest BCUT2D eigenvalue weighted by molar-refractivity contribution is 7.74. The molecule has 62 valence electrons. The molecular weight excluding hydrogens is 156 g/mol. The van der Waals surface area contributed by atoms with Crippen molar-refractivity contribution < 1.29 is 12.9 Å². The molecule has 0 bridgehead atoms. The molecule has 0 amide bonds. The molecular formula is C4H12N2O3S. The second-order valence-electron chi connectivity index (χ2n) is 1.70. The Morgan fingerprint density at radius 1 is 1.90 bits per heavy atom. The zero-order valence-electron chi connectivity index (χ0n) is 5.74. The minimum atomic E-state index is -2.20. The first-order valence-electron chi connectivity index (χ1n) is 2.88. The lowest BCUT2D eigenvalue weighted by Crippen LogP contribution is -2.33. The Labute approximate surface area is 62.4 Å². The third-order valence-corrected chi connectivity index (χ3v) is 1.26. The van der Waals surface area contributed by atoms with Crippen molar-refractivity contribution in [2.75, 3.05) is 13.1 Å². The summed E-state index contributed by atoms with van der Waals surface area (Å²) in [5, 5.41) is 2.76. The average molecular weight is 168 g/mol. The number of rotatable bonds is 5. The molecule has 0 aliphatic carbocycles. The van der Waals surface area contributed by atoms with Gasteiger partial charge in [-0.15, -0.1) is 0 Å². The molecule has 0 rings (SSSR count). The van der Waals surface area contributed by atoms with E-state index >= 15 is 0 Å². The van der Waals surface area contributed by atoms with Crippen molar-refractivity contribution in [3.8, 4) is 0 Å². The molecule has 0 aromatic rings. The zero-order chi connectivity index (χ0) is 7.98. The van der Waals surface area contributed by atoms with Crippen LogP contribution in [0.3, 0.4) is 0 Å². The van der Waals surface area contributed by atoms with Crippen LogP contribution >= 0.6 is 0 Å². The number of nitrogens with two attached hydrogens (primary N) is 1. The highest BCUT2D eigenvalue weighted by Gasteiger charge is 2.02. The van der Waals surface area contributed by atoms with Crippen LogP contribution in [0, 0.1) is 0 Å². The molecule has 6 heteroatoms. The van der Waals surface area contributed by atoms with E-state index in [1.807, 2.05) is 0 Å². The number of hydrogen-bond acceptors (Lipinski definition) is 4. The van der Waals surface area contributed by atoms with Crippen LogP contribution in [-0.2, 0) is 15.5 Å². The van der Waals surface area contributed by atoms with Gasteiger partial charge in [0, 0.05) is 13.1 Å². The van der Waals surface area contributed by atoms with Gasteiger partial charge in [0.05, 0.1) is 0 Å². The van der Waals surface area contributed by atoms with E-state index in [0.29, 0.717) is 13.1 Å². The highest BCUT2D eigenvalue weighted by Crippen LogP contribution is 1.86. The van der Waals surface area contributed by atoms with Crippen molar-refractivity contribution in [3.05, 3.63) is 0 Å². The van der Waals surface area contributed by atoms with E-state index in [9.17, 15) is 4.21 Å². The van der Waals surface area contributed by atoms with Gasteiger partial charge in [-0.2, -0.15) is 4.21 Å². The zero-order valence-corrected chi connectivity index (χ0v) is 6.56. The van der Waals surface area contributed by atoms with Crippen molar-refractivity contribution in [1.82, 2.24) is 5.32 Å². The van der Waals surface area contributed by atoms with Crippen molar-refractivity contribution in [2.24, 2.45) is 5.73 Å². The Morgan fingerprint density at radius 3 is 2.90 bits per heavy atom. The quantitative estimate of drug-likeness (QED) is 0.363. The van der Waals surface area contributed by atoms with Gasteiger partial charge in [-0.1, -0.05) is 0 Å². The molecule has 5 nitrogen and oxygen atoms in total. The van der Waals surface area contributed by atoms with Crippen LogP contribution in [0.5, 0.6) is 0 Å². The average Bonchev–Trinajstić information content (AvgIpc) is 1.82. The summed E-state index contributed by atoms with van der Waals surface area (Å²) in [4.78, 5) is 0. The van der Waals surface area contributed by atoms with Gasteiger partial charge in [0.15, 0.2) is 0 Å². The maximum atomic E-state index is 9.99. The monoisotopic (exact) mass is 168 g/mol. The fourth-order valence-corrected chi connectivity index (χ4v) is 0.759. The summed E-state index contributed by atoms with van der Waals surface area (Å²) in [7, 11) is 0. The summed E-state index contributed by atoms with van der Waals surface area (Å²) < 4.78 is 22.6. The summed E-state index contributed by atoms with van der Waals surface area (Å²) in [6, 6.07) is 0. The molecule has 0 aromatic heterocycles. The molecule has 0 heterocycles. The van der Waals surface area contributed by atoms with Gasteiger partial charge in [0.25, 0.3) is 0 Å². The van der Waals surface area contributed by atoms with Crippen LogP contribution in [0.25, 0.3) is 0 Å². The first-order valence-corrected chi connectivity index (χ1v) is 3.91. The van der Waals surface area contributed by atoms with E-state index in [0.717, 1.165) is 0 Å². The second kappa shape index (κ2) is 5.75. The van der Waals surface area contributed by atoms with Gasteiger partial charge in [-0.25, -0.2) is 4.18 Å². The maximum absolute atomic E-state index is 9.99. The molecule has 0 aromatic carbocycles. The summed E-state index contributed by atoms with van der Waals surface area (Å²) in [5.74, 6) is 0. The molecule has 10 heavy (non-hydrogen) atoms. The molecule has 0 saturated heterocycles. The smallest absolute Gasteiger partial charge is 0.303 e. The van der Waals surface area contributed by atoms with E-state index in [2.05, 4.69) is 9.50 Å². The number of hydrogen-bond donors (Lipinski definition) is 3. The summed E-state index contributed by atoms with van der Waals surface area (Å²) in [6.07, 6.45) is -0.436. The van der Waals surface area contributed by atoms with Gasteiger partial charge >= 0.3 is 11.4 Å². The lowest BCUT2D eigenvalue weighted by molar-refractivity contribution is 0.187. The topological polar surface area (TPSA) is 84.6 Å². The molecule has 0 aliphatic rings. The third-order valence-electron chi connectivity index (χ3n) is 0.803. The molecule has 2 unspecified atom stereocenters. The predicted molar refractivity (Wildman–Crippen MR) is 38.4 cm³/mol. The predicted octanol–water partition coefficient (Wildman–Crippen LogP) is -0.966. The lowest BCUT2D eigenvalue weighted by Gasteiger charge is -2.09. The van der Waals surface area contributed by atoms with Crippen molar-refractivity contribution in [1.29, 1.82) is 0 Å². The molecule has 2 atom stereocenters. The minimum absolute atomic E-state index is 0.436. The van der Waals surface area contributed by atoms with E-state index in [1.54, 1.807) is 6.92 Å². The highest BCUT2D eigenvalue weighted by atomic mass is 32.2. The van der Waals surface area contributed by atoms with Gasteiger partial charge in [0.1, 0.15) is 6.23 Å². The molecule has 0 aliphatic heterocycles. The Hall–Kier alpha value is -0.0100. The van der Waals surface area contributed by atoms with Crippen molar-refractivity contribution in [3.63, 3.8) is 0 Å². The Morgan fingerprint density at radius 2 is 2.50 bits per heavy atom. The van der Waals surface area contributed by atoms with Crippen LogP contribution in [0.2, 0.25) is 0 Å². The van der Waals surface area contributed by atoms with E-state index in [1.165, 1.54) is 0 Å². The lowest BCUT2D eigenvalue weighted by atomic mass is 10.6. The third kappa shape index (κ3) is 6.12. The van der Waals surface area contributed by atoms with Crippen molar-refractivity contribution in [2.45, 2.75) is 13.2 Å². The number of nitrogens with one attached hydrogen (secondary N) is 1. The summed E-state index contributed by atoms with van der Waals surface area (Å²) >= 11 is -2.20. The minimum Gasteiger partial charge on any atom is -0.329 e. The molecule has 0 spiro atoms. The van der Waals surface area contributed by atoms with E-state index in [-0.39, 0.29) is 0 Å². The summed E-state index contributed by atoms with van der Waals surface area (Å²) in [5.41, 5.74) is 5.15. The largest absolute Gasteiger partial charge is 0.329 e. The molecule has 0 fully saturated rings. The van der Waals surface area contributed by atoms with Crippen LogP contribution in [0.1, 0.15) is 6.92 Å².